The minimum atomic E-state index is 0.0795. The standard InChI is InChI=1S/C14H22N4O3/c1-20-11-12-8-17-3-2-15-13(17)10-18(9-12)14(19)16-4-6-21-7-5-16/h2-3,12H,4-11H2,1H3. The monoisotopic (exact) mass is 294 g/mol. The number of hydrogen-bond acceptors (Lipinski definition) is 4. The van der Waals surface area contributed by atoms with Crippen molar-refractivity contribution in [3.8, 4) is 0 Å². The van der Waals surface area contributed by atoms with Crippen LogP contribution in [0.25, 0.3) is 0 Å². The molecule has 0 N–H and O–H groups in total. The molecule has 7 heteroatoms. The van der Waals surface area contributed by atoms with E-state index < -0.39 is 0 Å². The number of methoxy groups -OCH3 is 1. The fourth-order valence-electron chi connectivity index (χ4n) is 2.98. The van der Waals surface area contributed by atoms with Crippen molar-refractivity contribution in [3.05, 3.63) is 18.2 Å². The summed E-state index contributed by atoms with van der Waals surface area (Å²) in [4.78, 5) is 20.8. The predicted octanol–water partition coefficient (Wildman–Crippen LogP) is 0.413. The first-order valence-electron chi connectivity index (χ1n) is 7.38. The largest absolute Gasteiger partial charge is 0.384 e. The lowest BCUT2D eigenvalue weighted by Gasteiger charge is -2.33. The first-order valence-corrected chi connectivity index (χ1v) is 7.38. The third-order valence-corrected chi connectivity index (χ3v) is 4.02. The molecule has 1 aromatic heterocycles. The molecule has 0 radical (unpaired) electrons. The molecule has 1 saturated heterocycles. The van der Waals surface area contributed by atoms with Crippen LogP contribution in [0.2, 0.25) is 0 Å². The molecule has 2 aliphatic rings. The first-order chi connectivity index (χ1) is 10.3. The SMILES string of the molecule is COCC1CN(C(=O)N2CCOCC2)Cc2nccn2C1. The zero-order valence-electron chi connectivity index (χ0n) is 12.4. The second kappa shape index (κ2) is 6.44. The number of nitrogens with zero attached hydrogens (tertiary/aromatic N) is 4. The van der Waals surface area contributed by atoms with Crippen LogP contribution in [0.1, 0.15) is 5.82 Å². The number of rotatable bonds is 2. The molecule has 1 aromatic rings. The molecule has 116 valence electrons. The van der Waals surface area contributed by atoms with Crippen LogP contribution in [-0.4, -0.2) is 71.9 Å². The summed E-state index contributed by atoms with van der Waals surface area (Å²) >= 11 is 0. The maximum absolute atomic E-state index is 12.7. The number of morpholine rings is 1. The van der Waals surface area contributed by atoms with Gasteiger partial charge in [0.25, 0.3) is 0 Å². The number of hydrogen-bond donors (Lipinski definition) is 0. The number of amides is 2. The van der Waals surface area contributed by atoms with Crippen molar-refractivity contribution in [3.63, 3.8) is 0 Å². The van der Waals surface area contributed by atoms with Gasteiger partial charge in [-0.1, -0.05) is 0 Å². The topological polar surface area (TPSA) is 59.8 Å². The lowest BCUT2D eigenvalue weighted by atomic mass is 10.1. The van der Waals surface area contributed by atoms with Crippen LogP contribution < -0.4 is 0 Å². The molecule has 3 heterocycles. The van der Waals surface area contributed by atoms with E-state index in [0.717, 1.165) is 12.4 Å². The van der Waals surface area contributed by atoms with Crippen molar-refractivity contribution in [1.29, 1.82) is 0 Å². The molecular formula is C14H22N4O3. The molecule has 2 amide bonds. The summed E-state index contributed by atoms with van der Waals surface area (Å²) in [5, 5.41) is 0. The third kappa shape index (κ3) is 3.19. The fourth-order valence-corrected chi connectivity index (χ4v) is 2.98. The number of carbonyl (C=O) groups is 1. The first kappa shape index (κ1) is 14.3. The van der Waals surface area contributed by atoms with Gasteiger partial charge in [0, 0.05) is 51.6 Å². The van der Waals surface area contributed by atoms with Crippen molar-refractivity contribution in [1.82, 2.24) is 19.4 Å². The Morgan fingerprint density at radius 3 is 2.95 bits per heavy atom. The van der Waals surface area contributed by atoms with Gasteiger partial charge >= 0.3 is 6.03 Å². The van der Waals surface area contributed by atoms with Crippen LogP contribution in [0.4, 0.5) is 4.79 Å². The zero-order chi connectivity index (χ0) is 14.7. The van der Waals surface area contributed by atoms with Crippen LogP contribution in [-0.2, 0) is 22.6 Å². The Morgan fingerprint density at radius 2 is 2.19 bits per heavy atom. The van der Waals surface area contributed by atoms with Gasteiger partial charge < -0.3 is 23.8 Å². The normalized spacial score (nSPS) is 22.8. The van der Waals surface area contributed by atoms with Gasteiger partial charge in [0.2, 0.25) is 0 Å². The number of carbonyl (C=O) groups excluding carboxylic acids is 1. The minimum Gasteiger partial charge on any atom is -0.384 e. The second-order valence-corrected chi connectivity index (χ2v) is 5.58. The highest BCUT2D eigenvalue weighted by atomic mass is 16.5. The zero-order valence-corrected chi connectivity index (χ0v) is 12.4. The van der Waals surface area contributed by atoms with Gasteiger partial charge in [-0.2, -0.15) is 0 Å². The molecule has 21 heavy (non-hydrogen) atoms. The Bertz CT molecular complexity index is 484. The van der Waals surface area contributed by atoms with E-state index in [4.69, 9.17) is 9.47 Å². The molecule has 1 atom stereocenters. The third-order valence-electron chi connectivity index (χ3n) is 4.02. The lowest BCUT2D eigenvalue weighted by Crippen LogP contribution is -2.49. The molecule has 1 unspecified atom stereocenters. The van der Waals surface area contributed by atoms with Crippen molar-refractivity contribution in [2.75, 3.05) is 46.6 Å². The number of urea groups is 1. The van der Waals surface area contributed by atoms with Gasteiger partial charge in [-0.15, -0.1) is 0 Å². The Hall–Kier alpha value is -1.60. The van der Waals surface area contributed by atoms with Gasteiger partial charge in [-0.3, -0.25) is 0 Å². The average Bonchev–Trinajstić information content (AvgIpc) is 2.86. The molecule has 1 fully saturated rings. The summed E-state index contributed by atoms with van der Waals surface area (Å²) in [5.74, 6) is 1.23. The fraction of sp³-hybridized carbons (Fsp3) is 0.714. The van der Waals surface area contributed by atoms with E-state index in [1.807, 2.05) is 16.0 Å². The molecule has 0 aromatic carbocycles. The minimum absolute atomic E-state index is 0.0795. The molecule has 0 bridgehead atoms. The highest BCUT2D eigenvalue weighted by Crippen LogP contribution is 2.17. The highest BCUT2D eigenvalue weighted by molar-refractivity contribution is 5.74. The van der Waals surface area contributed by atoms with E-state index in [-0.39, 0.29) is 11.9 Å². The molecule has 2 aliphatic heterocycles. The smallest absolute Gasteiger partial charge is 0.320 e. The molecule has 7 nitrogen and oxygen atoms in total. The summed E-state index contributed by atoms with van der Waals surface area (Å²) < 4.78 is 12.7. The van der Waals surface area contributed by atoms with Crippen molar-refractivity contribution >= 4 is 6.03 Å². The number of aromatic nitrogens is 2. The molecule has 0 spiro atoms. The Labute approximate surface area is 124 Å². The second-order valence-electron chi connectivity index (χ2n) is 5.58. The Morgan fingerprint density at radius 1 is 1.38 bits per heavy atom. The Kier molecular flexibility index (Phi) is 4.40. The lowest BCUT2D eigenvalue weighted by molar-refractivity contribution is 0.0394. The van der Waals surface area contributed by atoms with E-state index in [2.05, 4.69) is 9.55 Å². The van der Waals surface area contributed by atoms with Crippen LogP contribution in [0.5, 0.6) is 0 Å². The Balaban J connectivity index is 1.75. The van der Waals surface area contributed by atoms with Crippen molar-refractivity contribution < 1.29 is 14.3 Å². The highest BCUT2D eigenvalue weighted by Gasteiger charge is 2.29. The van der Waals surface area contributed by atoms with Gasteiger partial charge in [0.1, 0.15) is 5.82 Å². The predicted molar refractivity (Wildman–Crippen MR) is 75.8 cm³/mol. The van der Waals surface area contributed by atoms with Gasteiger partial charge in [0.15, 0.2) is 0 Å². The summed E-state index contributed by atoms with van der Waals surface area (Å²) in [6.07, 6.45) is 3.77. The molecular weight excluding hydrogens is 272 g/mol. The van der Waals surface area contributed by atoms with Gasteiger partial charge in [0.05, 0.1) is 26.4 Å². The number of imidazole rings is 1. The van der Waals surface area contributed by atoms with E-state index in [1.54, 1.807) is 13.3 Å². The molecule has 0 aliphatic carbocycles. The molecule has 0 saturated carbocycles. The van der Waals surface area contributed by atoms with Gasteiger partial charge in [-0.25, -0.2) is 9.78 Å². The quantitative estimate of drug-likeness (QED) is 0.793. The number of ether oxygens (including phenoxy) is 2. The summed E-state index contributed by atoms with van der Waals surface area (Å²) in [6, 6.07) is 0.0795. The van der Waals surface area contributed by atoms with Crippen LogP contribution >= 0.6 is 0 Å². The van der Waals surface area contributed by atoms with E-state index in [1.165, 1.54) is 0 Å². The van der Waals surface area contributed by atoms with Crippen molar-refractivity contribution in [2.24, 2.45) is 5.92 Å². The van der Waals surface area contributed by atoms with E-state index in [9.17, 15) is 4.79 Å². The van der Waals surface area contributed by atoms with Crippen LogP contribution in [0.15, 0.2) is 12.4 Å². The number of fused-ring (bicyclic) bond motifs is 1. The van der Waals surface area contributed by atoms with E-state index >= 15 is 0 Å². The maximum Gasteiger partial charge on any atom is 0.320 e. The van der Waals surface area contributed by atoms with Crippen LogP contribution in [0.3, 0.4) is 0 Å². The van der Waals surface area contributed by atoms with Gasteiger partial charge in [-0.05, 0) is 0 Å². The van der Waals surface area contributed by atoms with E-state index in [0.29, 0.717) is 46.0 Å². The van der Waals surface area contributed by atoms with Crippen LogP contribution in [0, 0.1) is 5.92 Å². The summed E-state index contributed by atoms with van der Waals surface area (Å²) in [6.45, 7) is 5.32. The summed E-state index contributed by atoms with van der Waals surface area (Å²) in [7, 11) is 1.70. The average molecular weight is 294 g/mol. The maximum atomic E-state index is 12.7. The molecule has 3 rings (SSSR count). The van der Waals surface area contributed by atoms with Crippen molar-refractivity contribution in [2.45, 2.75) is 13.1 Å². The summed E-state index contributed by atoms with van der Waals surface area (Å²) in [5.41, 5.74) is 0.